The number of nitrogens with one attached hydrogen (secondary N) is 2. The molecule has 5 rings (SSSR count). The zero-order valence-corrected chi connectivity index (χ0v) is 21.3. The topological polar surface area (TPSA) is 101 Å². The number of carbonyl (C=O) groups is 1. The van der Waals surface area contributed by atoms with Crippen molar-refractivity contribution >= 4 is 28.1 Å². The molecule has 0 spiro atoms. The lowest BCUT2D eigenvalue weighted by Gasteiger charge is -2.34. The van der Waals surface area contributed by atoms with Gasteiger partial charge in [0, 0.05) is 36.9 Å². The molecule has 1 saturated heterocycles. The highest BCUT2D eigenvalue weighted by atomic mass is 32.1. The van der Waals surface area contributed by atoms with E-state index in [1.54, 1.807) is 6.20 Å². The van der Waals surface area contributed by atoms with E-state index in [9.17, 15) is 4.79 Å². The number of nitrogens with zero attached hydrogens (tertiary/aromatic N) is 6. The monoisotopic (exact) mass is 494 g/mol. The Labute approximate surface area is 210 Å². The van der Waals surface area contributed by atoms with Gasteiger partial charge in [-0.15, -0.1) is 10.2 Å². The maximum Gasteiger partial charge on any atom is 0.234 e. The summed E-state index contributed by atoms with van der Waals surface area (Å²) in [7, 11) is 0. The van der Waals surface area contributed by atoms with Gasteiger partial charge in [0.05, 0.1) is 24.1 Å². The van der Waals surface area contributed by atoms with Gasteiger partial charge in [-0.1, -0.05) is 31.1 Å². The molecule has 4 heterocycles. The number of pyridine rings is 1. The molecule has 0 aromatic carbocycles. The molecule has 2 unspecified atom stereocenters. The highest BCUT2D eigenvalue weighted by molar-refractivity contribution is 7.17. The first-order chi connectivity index (χ1) is 17.1. The molecular weight excluding hydrogens is 460 g/mol. The van der Waals surface area contributed by atoms with Crippen molar-refractivity contribution in [3.05, 3.63) is 42.0 Å². The fourth-order valence-corrected chi connectivity index (χ4v) is 5.88. The summed E-state index contributed by atoms with van der Waals surface area (Å²) in [6, 6.07) is 6.33. The van der Waals surface area contributed by atoms with E-state index < -0.39 is 0 Å². The van der Waals surface area contributed by atoms with Gasteiger partial charge in [0.25, 0.3) is 0 Å². The lowest BCUT2D eigenvalue weighted by atomic mass is 9.85. The molecule has 2 fully saturated rings. The average Bonchev–Trinajstić information content (AvgIpc) is 3.55. The number of rotatable bonds is 7. The van der Waals surface area contributed by atoms with E-state index in [1.165, 1.54) is 30.6 Å². The Balaban J connectivity index is 1.15. The highest BCUT2D eigenvalue weighted by Gasteiger charge is 2.30. The summed E-state index contributed by atoms with van der Waals surface area (Å²) in [4.78, 5) is 19.4. The number of hydrogen-bond donors (Lipinski definition) is 2. The third kappa shape index (κ3) is 5.63. The van der Waals surface area contributed by atoms with Gasteiger partial charge in [0.1, 0.15) is 0 Å². The van der Waals surface area contributed by atoms with Crippen LogP contribution in [0.2, 0.25) is 0 Å². The van der Waals surface area contributed by atoms with E-state index in [4.69, 9.17) is 0 Å². The van der Waals surface area contributed by atoms with Gasteiger partial charge < -0.3 is 15.5 Å². The minimum absolute atomic E-state index is 0.0906. The van der Waals surface area contributed by atoms with Crippen molar-refractivity contribution in [3.63, 3.8) is 0 Å². The summed E-state index contributed by atoms with van der Waals surface area (Å²) in [6.45, 7) is 6.49. The number of carbonyl (C=O) groups excluding carboxylic acids is 1. The van der Waals surface area contributed by atoms with Crippen LogP contribution in [0.3, 0.4) is 0 Å². The molecule has 0 radical (unpaired) electrons. The summed E-state index contributed by atoms with van der Waals surface area (Å²) in [6.07, 6.45) is 10.2. The molecule has 1 amide bonds. The first-order valence-corrected chi connectivity index (χ1v) is 13.5. The quantitative estimate of drug-likeness (QED) is 0.513. The molecule has 3 aromatic heterocycles. The Morgan fingerprint density at radius 1 is 1.09 bits per heavy atom. The summed E-state index contributed by atoms with van der Waals surface area (Å²) in [5, 5.41) is 21.7. The highest BCUT2D eigenvalue weighted by Crippen LogP contribution is 2.29. The third-order valence-corrected chi connectivity index (χ3v) is 8.23. The van der Waals surface area contributed by atoms with Crippen molar-refractivity contribution in [2.75, 3.05) is 23.3 Å². The van der Waals surface area contributed by atoms with E-state index in [1.807, 2.05) is 36.0 Å². The largest absolute Gasteiger partial charge is 0.378 e. The fourth-order valence-electron chi connectivity index (χ4n) is 4.99. The second-order valence-corrected chi connectivity index (χ2v) is 10.7. The number of aryl methyl sites for hydroxylation is 1. The van der Waals surface area contributed by atoms with Gasteiger partial charge in [-0.25, -0.2) is 4.68 Å². The van der Waals surface area contributed by atoms with Crippen LogP contribution in [-0.4, -0.2) is 50.0 Å². The Morgan fingerprint density at radius 2 is 1.89 bits per heavy atom. The Hall–Kier alpha value is -3.01. The van der Waals surface area contributed by atoms with Crippen molar-refractivity contribution < 1.29 is 4.79 Å². The fraction of sp³-hybridized carbons (Fsp3) is 0.560. The Bertz CT molecular complexity index is 1120. The minimum atomic E-state index is 0.0906. The van der Waals surface area contributed by atoms with Crippen LogP contribution < -0.4 is 15.5 Å². The van der Waals surface area contributed by atoms with Crippen molar-refractivity contribution in [1.29, 1.82) is 0 Å². The number of piperidine rings is 1. The zero-order chi connectivity index (χ0) is 24.2. The Morgan fingerprint density at radius 3 is 2.66 bits per heavy atom. The summed E-state index contributed by atoms with van der Waals surface area (Å²) < 4.78 is 1.83. The van der Waals surface area contributed by atoms with Crippen LogP contribution in [0.15, 0.2) is 30.6 Å². The molecule has 3 aromatic rings. The molecule has 2 N–H and O–H groups in total. The van der Waals surface area contributed by atoms with E-state index in [2.05, 4.69) is 42.7 Å². The van der Waals surface area contributed by atoms with Crippen LogP contribution >= 0.6 is 11.3 Å². The van der Waals surface area contributed by atoms with Gasteiger partial charge in [0.2, 0.25) is 16.2 Å². The second-order valence-electron chi connectivity index (χ2n) is 9.78. The molecule has 2 atom stereocenters. The second kappa shape index (κ2) is 10.7. The van der Waals surface area contributed by atoms with Crippen LogP contribution in [0.1, 0.15) is 56.8 Å². The average molecular weight is 495 g/mol. The molecule has 9 nitrogen and oxygen atoms in total. The molecule has 0 bridgehead atoms. The first kappa shape index (κ1) is 23.7. The van der Waals surface area contributed by atoms with E-state index in [-0.39, 0.29) is 11.8 Å². The number of aromatic nitrogens is 5. The molecule has 1 saturated carbocycles. The van der Waals surface area contributed by atoms with Crippen molar-refractivity contribution in [1.82, 2.24) is 30.3 Å². The predicted octanol–water partition coefficient (Wildman–Crippen LogP) is 3.95. The standard InChI is InChI=1S/C25H34N8OS/c1-17-5-3-4-6-22(17)29-23(34)19-10-13-32(14-11-19)24-30-31-25(35-24)33-21(9-12-28-33)16-27-20-8-7-18(2)26-15-20/h7-9,12,15,17,19,22,27H,3-6,10-11,13-14,16H2,1-2H3,(H,29,34). The first-order valence-electron chi connectivity index (χ1n) is 12.7. The van der Waals surface area contributed by atoms with Crippen molar-refractivity contribution in [3.8, 4) is 5.13 Å². The van der Waals surface area contributed by atoms with Crippen LogP contribution in [0.5, 0.6) is 0 Å². The number of anilines is 2. The van der Waals surface area contributed by atoms with E-state index >= 15 is 0 Å². The molecule has 186 valence electrons. The zero-order valence-electron chi connectivity index (χ0n) is 20.5. The maximum atomic E-state index is 12.9. The lowest BCUT2D eigenvalue weighted by Crippen LogP contribution is -2.46. The summed E-state index contributed by atoms with van der Waals surface area (Å²) in [5.41, 5.74) is 2.96. The maximum absolute atomic E-state index is 12.9. The molecular formula is C25H34N8OS. The van der Waals surface area contributed by atoms with Crippen LogP contribution in [0, 0.1) is 18.8 Å². The molecule has 2 aliphatic rings. The van der Waals surface area contributed by atoms with E-state index in [0.717, 1.165) is 59.7 Å². The summed E-state index contributed by atoms with van der Waals surface area (Å²) >= 11 is 1.54. The predicted molar refractivity (Wildman–Crippen MR) is 138 cm³/mol. The van der Waals surface area contributed by atoms with Crippen molar-refractivity contribution in [2.45, 2.75) is 65.0 Å². The Kier molecular flexibility index (Phi) is 7.26. The molecule has 35 heavy (non-hydrogen) atoms. The van der Waals surface area contributed by atoms with Crippen molar-refractivity contribution in [2.24, 2.45) is 11.8 Å². The van der Waals surface area contributed by atoms with Crippen LogP contribution in [0.25, 0.3) is 5.13 Å². The third-order valence-electron chi connectivity index (χ3n) is 7.27. The SMILES string of the molecule is Cc1ccc(NCc2ccnn2-c2nnc(N3CCC(C(=O)NC4CCCCC4C)CC3)s2)cn1. The van der Waals surface area contributed by atoms with E-state index in [0.29, 0.717) is 18.5 Å². The van der Waals surface area contributed by atoms with Gasteiger partial charge in [-0.3, -0.25) is 9.78 Å². The minimum Gasteiger partial charge on any atom is -0.378 e. The lowest BCUT2D eigenvalue weighted by molar-refractivity contribution is -0.126. The molecule has 1 aliphatic carbocycles. The number of hydrogen-bond acceptors (Lipinski definition) is 8. The number of amides is 1. The van der Waals surface area contributed by atoms with Gasteiger partial charge in [0.15, 0.2) is 0 Å². The smallest absolute Gasteiger partial charge is 0.234 e. The van der Waals surface area contributed by atoms with Gasteiger partial charge in [-0.05, 0) is 56.7 Å². The van der Waals surface area contributed by atoms with Gasteiger partial charge in [-0.2, -0.15) is 5.10 Å². The molecule has 10 heteroatoms. The van der Waals surface area contributed by atoms with Gasteiger partial charge >= 0.3 is 0 Å². The molecule has 1 aliphatic heterocycles. The normalized spacial score (nSPS) is 21.1. The van der Waals surface area contributed by atoms with Crippen LogP contribution in [0.4, 0.5) is 10.8 Å². The summed E-state index contributed by atoms with van der Waals surface area (Å²) in [5.74, 6) is 0.912. The van der Waals surface area contributed by atoms with Crippen LogP contribution in [-0.2, 0) is 11.3 Å².